The average Bonchev–Trinajstić information content (AvgIpc) is 3.10. The molecular formula is C15H14N2O2S2. The van der Waals surface area contributed by atoms with Crippen molar-refractivity contribution in [2.24, 2.45) is 0 Å². The number of fused-ring (bicyclic) bond motifs is 1. The molecule has 3 aromatic rings. The summed E-state index contributed by atoms with van der Waals surface area (Å²) >= 11 is 2.85. The third-order valence-corrected chi connectivity index (χ3v) is 5.33. The van der Waals surface area contributed by atoms with Crippen LogP contribution >= 0.6 is 22.7 Å². The van der Waals surface area contributed by atoms with Gasteiger partial charge in [0, 0.05) is 16.1 Å². The maximum atomic E-state index is 12.0. The van der Waals surface area contributed by atoms with Crippen molar-refractivity contribution in [1.82, 2.24) is 10.3 Å². The molecule has 0 spiro atoms. The number of carbonyl (C=O) groups is 1. The third kappa shape index (κ3) is 2.97. The first-order chi connectivity index (χ1) is 10.1. The maximum Gasteiger partial charge on any atom is 0.263 e. The Labute approximate surface area is 130 Å². The largest absolute Gasteiger partial charge is 0.386 e. The molecule has 0 bridgehead atoms. The molecule has 0 aliphatic rings. The van der Waals surface area contributed by atoms with Crippen LogP contribution in [0.1, 0.15) is 26.3 Å². The quantitative estimate of drug-likeness (QED) is 0.777. The Morgan fingerprint density at radius 3 is 2.95 bits per heavy atom. The highest BCUT2D eigenvalue weighted by Gasteiger charge is 2.15. The number of rotatable bonds is 4. The molecule has 0 aliphatic heterocycles. The predicted molar refractivity (Wildman–Crippen MR) is 86.0 cm³/mol. The number of aliphatic hydroxyl groups is 1. The molecule has 6 heteroatoms. The lowest BCUT2D eigenvalue weighted by Gasteiger charge is -2.09. The summed E-state index contributed by atoms with van der Waals surface area (Å²) in [7, 11) is 0. The van der Waals surface area contributed by atoms with E-state index in [0.717, 1.165) is 15.0 Å². The van der Waals surface area contributed by atoms with Gasteiger partial charge < -0.3 is 10.4 Å². The van der Waals surface area contributed by atoms with Crippen molar-refractivity contribution >= 4 is 38.7 Å². The lowest BCUT2D eigenvalue weighted by Crippen LogP contribution is -2.27. The van der Waals surface area contributed by atoms with Crippen molar-refractivity contribution in [2.75, 3.05) is 6.54 Å². The van der Waals surface area contributed by atoms with Crippen LogP contribution in [-0.4, -0.2) is 22.5 Å². The minimum Gasteiger partial charge on any atom is -0.386 e. The summed E-state index contributed by atoms with van der Waals surface area (Å²) in [5, 5.41) is 14.1. The standard InChI is InChI=1S/C15H14N2O2S2/c1-9-14(20-8-17-9)15(19)16-7-11(18)13-6-10-4-2-3-5-12(10)21-13/h2-6,8,11,18H,7H2,1H3,(H,16,19). The zero-order valence-corrected chi connectivity index (χ0v) is 13.0. The molecule has 2 heterocycles. The van der Waals surface area contributed by atoms with Gasteiger partial charge in [0.05, 0.1) is 11.2 Å². The highest BCUT2D eigenvalue weighted by atomic mass is 32.1. The minimum absolute atomic E-state index is 0.185. The molecule has 2 aromatic heterocycles. The number of hydrogen-bond donors (Lipinski definition) is 2. The van der Waals surface area contributed by atoms with E-state index in [2.05, 4.69) is 10.3 Å². The number of amides is 1. The molecule has 2 N–H and O–H groups in total. The molecule has 108 valence electrons. The molecule has 1 atom stereocenters. The number of aliphatic hydroxyl groups excluding tert-OH is 1. The molecule has 4 nitrogen and oxygen atoms in total. The molecule has 1 unspecified atom stereocenters. The van der Waals surface area contributed by atoms with Crippen molar-refractivity contribution in [3.05, 3.63) is 51.3 Å². The van der Waals surface area contributed by atoms with E-state index in [9.17, 15) is 9.90 Å². The van der Waals surface area contributed by atoms with Crippen LogP contribution in [0.15, 0.2) is 35.8 Å². The first-order valence-corrected chi connectivity index (χ1v) is 8.19. The molecule has 0 radical (unpaired) electrons. The molecule has 21 heavy (non-hydrogen) atoms. The Morgan fingerprint density at radius 2 is 2.24 bits per heavy atom. The predicted octanol–water partition coefficient (Wildman–Crippen LogP) is 3.13. The van der Waals surface area contributed by atoms with Gasteiger partial charge in [-0.2, -0.15) is 0 Å². The van der Waals surface area contributed by atoms with Crippen LogP contribution < -0.4 is 5.32 Å². The minimum atomic E-state index is -0.695. The fourth-order valence-electron chi connectivity index (χ4n) is 2.06. The average molecular weight is 318 g/mol. The molecule has 3 rings (SSSR count). The van der Waals surface area contributed by atoms with Gasteiger partial charge in [-0.3, -0.25) is 4.79 Å². The van der Waals surface area contributed by atoms with Gasteiger partial charge in [-0.1, -0.05) is 18.2 Å². The van der Waals surface area contributed by atoms with E-state index in [4.69, 9.17) is 0 Å². The Morgan fingerprint density at radius 1 is 1.43 bits per heavy atom. The fraction of sp³-hybridized carbons (Fsp3) is 0.200. The van der Waals surface area contributed by atoms with E-state index in [0.29, 0.717) is 10.6 Å². The smallest absolute Gasteiger partial charge is 0.263 e. The van der Waals surface area contributed by atoms with Crippen molar-refractivity contribution in [3.8, 4) is 0 Å². The zero-order chi connectivity index (χ0) is 14.8. The van der Waals surface area contributed by atoms with Gasteiger partial charge in [-0.05, 0) is 24.4 Å². The summed E-state index contributed by atoms with van der Waals surface area (Å²) < 4.78 is 1.14. The summed E-state index contributed by atoms with van der Waals surface area (Å²) in [5.74, 6) is -0.185. The van der Waals surface area contributed by atoms with Gasteiger partial charge >= 0.3 is 0 Å². The van der Waals surface area contributed by atoms with E-state index in [1.807, 2.05) is 30.3 Å². The van der Waals surface area contributed by atoms with Crippen molar-refractivity contribution < 1.29 is 9.90 Å². The van der Waals surface area contributed by atoms with Gasteiger partial charge in [-0.15, -0.1) is 22.7 Å². The molecule has 1 amide bonds. The summed E-state index contributed by atoms with van der Waals surface area (Å²) in [4.78, 5) is 17.5. The molecule has 0 aliphatic carbocycles. The van der Waals surface area contributed by atoms with Crippen LogP contribution in [0.5, 0.6) is 0 Å². The number of aryl methyl sites for hydroxylation is 1. The first-order valence-electron chi connectivity index (χ1n) is 6.50. The molecule has 0 saturated carbocycles. The third-order valence-electron chi connectivity index (χ3n) is 3.18. The number of nitrogens with zero attached hydrogens (tertiary/aromatic N) is 1. The second-order valence-electron chi connectivity index (χ2n) is 4.68. The van der Waals surface area contributed by atoms with Crippen LogP contribution in [0.4, 0.5) is 0 Å². The highest BCUT2D eigenvalue weighted by Crippen LogP contribution is 2.29. The van der Waals surface area contributed by atoms with Gasteiger partial charge in [0.25, 0.3) is 5.91 Å². The number of thiophene rings is 1. The monoisotopic (exact) mass is 318 g/mol. The van der Waals surface area contributed by atoms with E-state index in [-0.39, 0.29) is 12.5 Å². The van der Waals surface area contributed by atoms with Crippen molar-refractivity contribution in [1.29, 1.82) is 0 Å². The van der Waals surface area contributed by atoms with E-state index in [1.165, 1.54) is 11.3 Å². The van der Waals surface area contributed by atoms with Gasteiger partial charge in [0.15, 0.2) is 0 Å². The second kappa shape index (κ2) is 5.93. The maximum absolute atomic E-state index is 12.0. The first kappa shape index (κ1) is 14.2. The van der Waals surface area contributed by atoms with Crippen LogP contribution in [0.3, 0.4) is 0 Å². The second-order valence-corrected chi connectivity index (χ2v) is 6.65. The van der Waals surface area contributed by atoms with Crippen LogP contribution in [0, 0.1) is 6.92 Å². The van der Waals surface area contributed by atoms with Crippen molar-refractivity contribution in [3.63, 3.8) is 0 Å². The Hall–Kier alpha value is -1.76. The zero-order valence-electron chi connectivity index (χ0n) is 11.4. The number of carbonyl (C=O) groups excluding carboxylic acids is 1. The Kier molecular flexibility index (Phi) is 4.01. The Balaban J connectivity index is 1.67. The van der Waals surface area contributed by atoms with E-state index in [1.54, 1.807) is 23.8 Å². The molecule has 0 saturated heterocycles. The Bertz CT molecular complexity index is 746. The number of nitrogens with one attached hydrogen (secondary N) is 1. The number of thiazole rings is 1. The summed E-state index contributed by atoms with van der Waals surface area (Å²) in [6, 6.07) is 9.95. The SMILES string of the molecule is Cc1ncsc1C(=O)NCC(O)c1cc2ccccc2s1. The lowest BCUT2D eigenvalue weighted by molar-refractivity contribution is 0.0921. The van der Waals surface area contributed by atoms with Crippen LogP contribution in [0.2, 0.25) is 0 Å². The van der Waals surface area contributed by atoms with E-state index >= 15 is 0 Å². The molecule has 0 fully saturated rings. The van der Waals surface area contributed by atoms with E-state index < -0.39 is 6.10 Å². The summed E-state index contributed by atoms with van der Waals surface area (Å²) in [5.41, 5.74) is 2.36. The van der Waals surface area contributed by atoms with Gasteiger partial charge in [0.2, 0.25) is 0 Å². The van der Waals surface area contributed by atoms with Crippen LogP contribution in [0.25, 0.3) is 10.1 Å². The van der Waals surface area contributed by atoms with Gasteiger partial charge in [-0.25, -0.2) is 4.98 Å². The topological polar surface area (TPSA) is 62.2 Å². The fourth-order valence-corrected chi connectivity index (χ4v) is 3.83. The number of aromatic nitrogens is 1. The molecule has 1 aromatic carbocycles. The summed E-state index contributed by atoms with van der Waals surface area (Å²) in [6.45, 7) is 2.00. The van der Waals surface area contributed by atoms with Crippen molar-refractivity contribution in [2.45, 2.75) is 13.0 Å². The lowest BCUT2D eigenvalue weighted by atomic mass is 10.2. The number of hydrogen-bond acceptors (Lipinski definition) is 5. The van der Waals surface area contributed by atoms with Crippen LogP contribution in [-0.2, 0) is 0 Å². The highest BCUT2D eigenvalue weighted by molar-refractivity contribution is 7.19. The normalized spacial score (nSPS) is 12.5. The number of benzene rings is 1. The molecular weight excluding hydrogens is 304 g/mol. The van der Waals surface area contributed by atoms with Gasteiger partial charge in [0.1, 0.15) is 11.0 Å². The summed E-state index contributed by atoms with van der Waals surface area (Å²) in [6.07, 6.45) is -0.695.